The highest BCUT2D eigenvalue weighted by Crippen LogP contribution is 2.20. The van der Waals surface area contributed by atoms with Crippen LogP contribution in [0.1, 0.15) is 26.3 Å². The van der Waals surface area contributed by atoms with Crippen LogP contribution in [0.5, 0.6) is 0 Å². The van der Waals surface area contributed by atoms with Crippen LogP contribution in [0.2, 0.25) is 0 Å². The molecule has 5 nitrogen and oxygen atoms in total. The Bertz CT molecular complexity index is 634. The number of hydrogen-bond acceptors (Lipinski definition) is 4. The van der Waals surface area contributed by atoms with Crippen molar-refractivity contribution in [1.29, 1.82) is 0 Å². The van der Waals surface area contributed by atoms with E-state index in [4.69, 9.17) is 9.47 Å². The first-order chi connectivity index (χ1) is 11.1. The van der Waals surface area contributed by atoms with Crippen LogP contribution in [0.25, 0.3) is 0 Å². The zero-order valence-corrected chi connectivity index (χ0v) is 13.7. The normalized spacial score (nSPS) is 13.0. The average molecular weight is 314 g/mol. The number of hydrogen-bond donors (Lipinski definition) is 0. The summed E-state index contributed by atoms with van der Waals surface area (Å²) in [4.78, 5) is 16.0. The summed E-state index contributed by atoms with van der Waals surface area (Å²) >= 11 is 0. The maximum absolute atomic E-state index is 12.1. The molecule has 1 heterocycles. The third kappa shape index (κ3) is 4.71. The predicted molar refractivity (Wildman–Crippen MR) is 87.7 cm³/mol. The molecule has 0 aliphatic heterocycles. The molecule has 1 aromatic heterocycles. The van der Waals surface area contributed by atoms with Crippen LogP contribution < -0.4 is 0 Å². The topological polar surface area (TPSA) is 53.4 Å². The summed E-state index contributed by atoms with van der Waals surface area (Å²) in [5, 5.41) is 0. The van der Waals surface area contributed by atoms with Crippen molar-refractivity contribution in [2.75, 3.05) is 0 Å². The van der Waals surface area contributed by atoms with Gasteiger partial charge in [0.1, 0.15) is 18.7 Å². The third-order valence-electron chi connectivity index (χ3n) is 3.36. The van der Waals surface area contributed by atoms with Gasteiger partial charge in [0, 0.05) is 12.4 Å². The van der Waals surface area contributed by atoms with Gasteiger partial charge in [0.2, 0.25) is 0 Å². The number of carbonyl (C=O) groups is 1. The van der Waals surface area contributed by atoms with E-state index >= 15 is 0 Å². The van der Waals surface area contributed by atoms with E-state index in [1.807, 2.05) is 57.2 Å². The molecule has 0 amide bonds. The van der Waals surface area contributed by atoms with Crippen LogP contribution >= 0.6 is 0 Å². The molecular formula is C18H22N2O3. The van der Waals surface area contributed by atoms with Gasteiger partial charge in [-0.2, -0.15) is 0 Å². The Hall–Kier alpha value is -2.56. The second-order valence-corrected chi connectivity index (χ2v) is 5.48. The van der Waals surface area contributed by atoms with Gasteiger partial charge in [-0.3, -0.25) is 0 Å². The number of benzene rings is 1. The van der Waals surface area contributed by atoms with Gasteiger partial charge < -0.3 is 9.47 Å². The summed E-state index contributed by atoms with van der Waals surface area (Å²) in [5.41, 5.74) is 1.07. The number of carbonyl (C=O) groups excluding carboxylic acids is 1. The lowest BCUT2D eigenvalue weighted by Gasteiger charge is -2.24. The Kier molecular flexibility index (Phi) is 5.97. The fraction of sp³-hybridized carbons (Fsp3) is 0.333. The molecule has 0 saturated carbocycles. The maximum atomic E-state index is 12.1. The second-order valence-electron chi connectivity index (χ2n) is 5.48. The molecule has 23 heavy (non-hydrogen) atoms. The molecule has 1 atom stereocenters. The number of rotatable bonds is 6. The quantitative estimate of drug-likeness (QED) is 0.756. The van der Waals surface area contributed by atoms with Crippen molar-refractivity contribution in [2.45, 2.75) is 33.5 Å². The zero-order chi connectivity index (χ0) is 16.7. The average Bonchev–Trinajstić information content (AvgIpc) is 3.09. The summed E-state index contributed by atoms with van der Waals surface area (Å²) in [5.74, 6) is 0.738. The van der Waals surface area contributed by atoms with Crippen molar-refractivity contribution in [1.82, 2.24) is 9.55 Å². The molecule has 0 spiro atoms. The molecule has 0 radical (unpaired) electrons. The molecule has 1 aromatic carbocycles. The third-order valence-corrected chi connectivity index (χ3v) is 3.36. The first-order valence-corrected chi connectivity index (χ1v) is 7.63. The van der Waals surface area contributed by atoms with Gasteiger partial charge in [-0.15, -0.1) is 0 Å². The van der Waals surface area contributed by atoms with E-state index in [1.165, 1.54) is 17.1 Å². The zero-order valence-electron chi connectivity index (χ0n) is 13.7. The molecule has 0 aliphatic rings. The lowest BCUT2D eigenvalue weighted by molar-refractivity contribution is 0.0416. The molecule has 0 bridgehead atoms. The fourth-order valence-electron chi connectivity index (χ4n) is 2.13. The molecule has 0 saturated heterocycles. The van der Waals surface area contributed by atoms with Crippen molar-refractivity contribution >= 4 is 6.09 Å². The highest BCUT2D eigenvalue weighted by Gasteiger charge is 2.24. The molecule has 0 unspecified atom stereocenters. The first-order valence-electron chi connectivity index (χ1n) is 7.63. The van der Waals surface area contributed by atoms with E-state index in [1.54, 1.807) is 6.20 Å². The van der Waals surface area contributed by atoms with E-state index < -0.39 is 12.2 Å². The number of ether oxygens (including phenoxy) is 2. The monoisotopic (exact) mass is 314 g/mol. The summed E-state index contributed by atoms with van der Waals surface area (Å²) in [6.45, 7) is 6.29. The second kappa shape index (κ2) is 8.17. The first kappa shape index (κ1) is 16.8. The molecule has 5 heteroatoms. The Morgan fingerprint density at radius 3 is 2.61 bits per heavy atom. The van der Waals surface area contributed by atoms with Crippen LogP contribution in [-0.4, -0.2) is 21.7 Å². The van der Waals surface area contributed by atoms with Gasteiger partial charge >= 0.3 is 6.09 Å². The van der Waals surface area contributed by atoms with Crippen LogP contribution in [0, 0.1) is 5.92 Å². The number of aromatic nitrogens is 2. The summed E-state index contributed by atoms with van der Waals surface area (Å²) in [6.07, 6.45) is 5.44. The van der Waals surface area contributed by atoms with Crippen LogP contribution in [0.3, 0.4) is 0 Å². The number of nitrogens with zero attached hydrogens (tertiary/aromatic N) is 2. The van der Waals surface area contributed by atoms with Gasteiger partial charge in [-0.05, 0) is 24.5 Å². The van der Waals surface area contributed by atoms with E-state index in [9.17, 15) is 4.79 Å². The molecule has 0 N–H and O–H groups in total. The molecular weight excluding hydrogens is 292 g/mol. The predicted octanol–water partition coefficient (Wildman–Crippen LogP) is 4.01. The Morgan fingerprint density at radius 2 is 2.04 bits per heavy atom. The molecule has 0 aliphatic carbocycles. The van der Waals surface area contributed by atoms with E-state index in [2.05, 4.69) is 4.98 Å². The molecule has 0 fully saturated rings. The van der Waals surface area contributed by atoms with Gasteiger partial charge in [-0.1, -0.05) is 44.2 Å². The standard InChI is InChI=1S/C18H22N2O3/c1-4-16(22-12-15-8-6-5-7-9-15)17(14(2)3)23-18(21)20-11-10-19-13-20/h4-11,13-14,17H,12H2,1-3H3/b16-4-/t17-/m0/s1. The Labute approximate surface area is 136 Å². The minimum Gasteiger partial charge on any atom is -0.490 e. The minimum absolute atomic E-state index is 0.0874. The van der Waals surface area contributed by atoms with Crippen molar-refractivity contribution in [3.05, 3.63) is 66.5 Å². The van der Waals surface area contributed by atoms with Crippen LogP contribution in [-0.2, 0) is 16.1 Å². The van der Waals surface area contributed by atoms with E-state index in [0.29, 0.717) is 12.4 Å². The largest absolute Gasteiger partial charge is 0.490 e. The van der Waals surface area contributed by atoms with Gasteiger partial charge in [0.15, 0.2) is 6.10 Å². The van der Waals surface area contributed by atoms with Gasteiger partial charge in [0.25, 0.3) is 0 Å². The summed E-state index contributed by atoms with van der Waals surface area (Å²) in [6, 6.07) is 9.88. The van der Waals surface area contributed by atoms with Crippen LogP contribution in [0.4, 0.5) is 4.79 Å². The van der Waals surface area contributed by atoms with E-state index in [0.717, 1.165) is 5.56 Å². The molecule has 122 valence electrons. The lowest BCUT2D eigenvalue weighted by Crippen LogP contribution is -2.29. The lowest BCUT2D eigenvalue weighted by atomic mass is 10.1. The van der Waals surface area contributed by atoms with E-state index in [-0.39, 0.29) is 5.92 Å². The summed E-state index contributed by atoms with van der Waals surface area (Å²) in [7, 11) is 0. The highest BCUT2D eigenvalue weighted by atomic mass is 16.6. The SMILES string of the molecule is C/C=C(\OCc1ccccc1)[C@@H](OC(=O)n1ccnc1)C(C)C. The Balaban J connectivity index is 2.03. The van der Waals surface area contributed by atoms with Crippen molar-refractivity contribution in [3.8, 4) is 0 Å². The molecule has 2 aromatic rings. The fourth-order valence-corrected chi connectivity index (χ4v) is 2.13. The number of imidazole rings is 1. The minimum atomic E-state index is -0.469. The summed E-state index contributed by atoms with van der Waals surface area (Å²) < 4.78 is 12.8. The van der Waals surface area contributed by atoms with Crippen molar-refractivity contribution < 1.29 is 14.3 Å². The van der Waals surface area contributed by atoms with Gasteiger partial charge in [-0.25, -0.2) is 14.3 Å². The van der Waals surface area contributed by atoms with Crippen LogP contribution in [0.15, 0.2) is 60.9 Å². The number of allylic oxidation sites excluding steroid dienone is 1. The Morgan fingerprint density at radius 1 is 1.30 bits per heavy atom. The van der Waals surface area contributed by atoms with Gasteiger partial charge in [0.05, 0.1) is 0 Å². The highest BCUT2D eigenvalue weighted by molar-refractivity contribution is 5.70. The van der Waals surface area contributed by atoms with Crippen molar-refractivity contribution in [3.63, 3.8) is 0 Å². The van der Waals surface area contributed by atoms with Crippen molar-refractivity contribution in [2.24, 2.45) is 5.92 Å². The maximum Gasteiger partial charge on any atom is 0.419 e. The molecule has 2 rings (SSSR count). The smallest absolute Gasteiger partial charge is 0.419 e.